The number of carbonyl (C=O) groups excluding carboxylic acids is 2. The smallest absolute Gasteiger partial charge is 0.409 e. The van der Waals surface area contributed by atoms with Gasteiger partial charge in [0.25, 0.3) is 0 Å². The molecule has 1 saturated heterocycles. The minimum atomic E-state index is -0.446. The molecule has 0 bridgehead atoms. The van der Waals surface area contributed by atoms with Gasteiger partial charge in [0.05, 0.1) is 12.7 Å². The fraction of sp³-hybridized carbons (Fsp3) is 0.333. The number of amides is 1. The van der Waals surface area contributed by atoms with Crippen LogP contribution in [-0.4, -0.2) is 42.8 Å². The van der Waals surface area contributed by atoms with Gasteiger partial charge in [0, 0.05) is 19.0 Å². The summed E-state index contributed by atoms with van der Waals surface area (Å²) in [4.78, 5) is 26.5. The lowest BCUT2D eigenvalue weighted by Crippen LogP contribution is -2.45. The number of esters is 1. The Hall–Kier alpha value is -3.08. The van der Waals surface area contributed by atoms with E-state index in [9.17, 15) is 9.59 Å². The molecule has 5 heteroatoms. The Balaban J connectivity index is 1.76. The van der Waals surface area contributed by atoms with Gasteiger partial charge in [-0.1, -0.05) is 54.6 Å². The van der Waals surface area contributed by atoms with Crippen molar-refractivity contribution in [2.24, 2.45) is 0 Å². The number of benzene rings is 2. The third-order valence-corrected chi connectivity index (χ3v) is 5.11. The Morgan fingerprint density at radius 1 is 1.07 bits per heavy atom. The molecule has 0 spiro atoms. The van der Waals surface area contributed by atoms with Crippen LogP contribution in [0, 0.1) is 0 Å². The summed E-state index contributed by atoms with van der Waals surface area (Å²) in [7, 11) is 1.40. The molecular weight excluding hydrogens is 366 g/mol. The van der Waals surface area contributed by atoms with E-state index in [0.717, 1.165) is 24.8 Å². The molecule has 1 aliphatic heterocycles. The van der Waals surface area contributed by atoms with Crippen LogP contribution in [0.25, 0.3) is 6.08 Å². The van der Waals surface area contributed by atoms with Crippen molar-refractivity contribution in [1.82, 2.24) is 4.90 Å². The second kappa shape index (κ2) is 10.5. The zero-order valence-electron chi connectivity index (χ0n) is 16.7. The number of likely N-dealkylation sites (tertiary alicyclic amines) is 1. The molecule has 152 valence electrons. The lowest BCUT2D eigenvalue weighted by Gasteiger charge is -2.35. The Morgan fingerprint density at radius 3 is 2.45 bits per heavy atom. The van der Waals surface area contributed by atoms with Crippen molar-refractivity contribution in [2.45, 2.75) is 37.8 Å². The van der Waals surface area contributed by atoms with Crippen molar-refractivity contribution in [3.05, 3.63) is 77.9 Å². The van der Waals surface area contributed by atoms with E-state index in [0.29, 0.717) is 18.5 Å². The Kier molecular flexibility index (Phi) is 7.45. The van der Waals surface area contributed by atoms with Crippen molar-refractivity contribution in [1.29, 1.82) is 0 Å². The van der Waals surface area contributed by atoms with Crippen LogP contribution in [0.2, 0.25) is 0 Å². The third kappa shape index (κ3) is 5.95. The second-order valence-electron chi connectivity index (χ2n) is 7.13. The second-order valence-corrected chi connectivity index (χ2v) is 7.13. The number of hydrogen-bond donors (Lipinski definition) is 0. The van der Waals surface area contributed by atoms with Crippen LogP contribution in [0.3, 0.4) is 0 Å². The number of methoxy groups -OCH3 is 1. The molecule has 0 N–H and O–H groups in total. The Bertz CT molecular complexity index is 819. The summed E-state index contributed by atoms with van der Waals surface area (Å²) in [5.41, 5.74) is 1.54. The molecule has 2 aromatic rings. The van der Waals surface area contributed by atoms with E-state index in [2.05, 4.69) is 0 Å². The Morgan fingerprint density at radius 2 is 1.76 bits per heavy atom. The number of piperidine rings is 1. The van der Waals surface area contributed by atoms with Crippen molar-refractivity contribution in [2.75, 3.05) is 13.7 Å². The highest BCUT2D eigenvalue weighted by atomic mass is 16.5. The summed E-state index contributed by atoms with van der Waals surface area (Å²) < 4.78 is 10.8. The van der Waals surface area contributed by atoms with E-state index < -0.39 is 6.10 Å². The van der Waals surface area contributed by atoms with Crippen LogP contribution in [0.5, 0.6) is 0 Å². The molecule has 0 aromatic heterocycles. The number of ether oxygens (including phenoxy) is 2. The topological polar surface area (TPSA) is 55.8 Å². The monoisotopic (exact) mass is 393 g/mol. The van der Waals surface area contributed by atoms with E-state index in [-0.39, 0.29) is 18.1 Å². The molecule has 0 saturated carbocycles. The Labute approximate surface area is 171 Å². The molecule has 1 heterocycles. The quantitative estimate of drug-likeness (QED) is 0.653. The largest absolute Gasteiger partial charge is 0.454 e. The fourth-order valence-electron chi connectivity index (χ4n) is 3.60. The standard InChI is InChI=1S/C24H27NO4/c1-28-24(27)25-17-9-8-14-21(25)18-22(16-15-19-10-4-2-5-11-19)29-23(26)20-12-6-3-7-13-20/h2-7,10-13,15-16,21-22H,8-9,14,17-18H2,1H3/b16-15+/t21?,22-/m0/s1. The summed E-state index contributed by atoms with van der Waals surface area (Å²) in [6.07, 6.45) is 6.49. The molecule has 0 radical (unpaired) electrons. The predicted molar refractivity (Wildman–Crippen MR) is 112 cm³/mol. The molecule has 2 atom stereocenters. The lowest BCUT2D eigenvalue weighted by molar-refractivity contribution is 0.0279. The first-order chi connectivity index (χ1) is 14.2. The van der Waals surface area contributed by atoms with Gasteiger partial charge in [0.2, 0.25) is 0 Å². The minimum absolute atomic E-state index is 0.0230. The van der Waals surface area contributed by atoms with Gasteiger partial charge >= 0.3 is 12.1 Å². The van der Waals surface area contributed by atoms with E-state index in [1.54, 1.807) is 17.0 Å². The van der Waals surface area contributed by atoms with E-state index in [1.807, 2.05) is 60.7 Å². The van der Waals surface area contributed by atoms with Gasteiger partial charge in [-0.3, -0.25) is 0 Å². The van der Waals surface area contributed by atoms with Crippen LogP contribution in [0.1, 0.15) is 41.6 Å². The molecule has 5 nitrogen and oxygen atoms in total. The average molecular weight is 393 g/mol. The van der Waals surface area contributed by atoms with Crippen LogP contribution >= 0.6 is 0 Å². The van der Waals surface area contributed by atoms with Crippen molar-refractivity contribution >= 4 is 18.1 Å². The first-order valence-electron chi connectivity index (χ1n) is 10.0. The molecule has 1 amide bonds. The normalized spacial score (nSPS) is 17.7. The first kappa shape index (κ1) is 20.6. The summed E-state index contributed by atoms with van der Waals surface area (Å²) in [5.74, 6) is -0.367. The van der Waals surface area contributed by atoms with Gasteiger partial charge in [0.15, 0.2) is 0 Å². The molecule has 1 aliphatic rings. The van der Waals surface area contributed by atoms with Gasteiger partial charge in [-0.05, 0) is 43.0 Å². The zero-order chi connectivity index (χ0) is 20.5. The van der Waals surface area contributed by atoms with Gasteiger partial charge in [-0.25, -0.2) is 9.59 Å². The molecule has 0 aliphatic carbocycles. The molecule has 1 fully saturated rings. The van der Waals surface area contributed by atoms with Crippen LogP contribution in [-0.2, 0) is 9.47 Å². The lowest BCUT2D eigenvalue weighted by atomic mass is 9.96. The van der Waals surface area contributed by atoms with Crippen molar-refractivity contribution in [3.8, 4) is 0 Å². The number of hydrogen-bond acceptors (Lipinski definition) is 4. The molecule has 3 rings (SSSR count). The van der Waals surface area contributed by atoms with Crippen LogP contribution in [0.15, 0.2) is 66.7 Å². The minimum Gasteiger partial charge on any atom is -0.454 e. The van der Waals surface area contributed by atoms with Gasteiger partial charge in [-0.15, -0.1) is 0 Å². The van der Waals surface area contributed by atoms with E-state index in [1.165, 1.54) is 7.11 Å². The molecule has 29 heavy (non-hydrogen) atoms. The van der Waals surface area contributed by atoms with Gasteiger partial charge < -0.3 is 14.4 Å². The maximum absolute atomic E-state index is 12.6. The summed E-state index contributed by atoms with van der Waals surface area (Å²) in [5, 5.41) is 0. The van der Waals surface area contributed by atoms with E-state index in [4.69, 9.17) is 9.47 Å². The maximum atomic E-state index is 12.6. The highest BCUT2D eigenvalue weighted by Crippen LogP contribution is 2.24. The SMILES string of the molecule is COC(=O)N1CCCCC1C[C@H](/C=C/c1ccccc1)OC(=O)c1ccccc1. The molecule has 1 unspecified atom stereocenters. The van der Waals surface area contributed by atoms with Crippen LogP contribution < -0.4 is 0 Å². The van der Waals surface area contributed by atoms with Crippen LogP contribution in [0.4, 0.5) is 4.79 Å². The van der Waals surface area contributed by atoms with E-state index >= 15 is 0 Å². The number of rotatable bonds is 6. The molecular formula is C24H27NO4. The summed E-state index contributed by atoms with van der Waals surface area (Å²) >= 11 is 0. The molecule has 2 aromatic carbocycles. The zero-order valence-corrected chi connectivity index (χ0v) is 16.7. The third-order valence-electron chi connectivity index (χ3n) is 5.11. The van der Waals surface area contributed by atoms with Crippen molar-refractivity contribution in [3.63, 3.8) is 0 Å². The average Bonchev–Trinajstić information content (AvgIpc) is 2.78. The summed E-state index contributed by atoms with van der Waals surface area (Å²) in [6.45, 7) is 0.666. The number of nitrogens with zero attached hydrogens (tertiary/aromatic N) is 1. The highest BCUT2D eigenvalue weighted by Gasteiger charge is 2.30. The number of carbonyl (C=O) groups is 2. The predicted octanol–water partition coefficient (Wildman–Crippen LogP) is 4.94. The van der Waals surface area contributed by atoms with Crippen molar-refractivity contribution < 1.29 is 19.1 Å². The fourth-order valence-corrected chi connectivity index (χ4v) is 3.60. The van der Waals surface area contributed by atoms with Gasteiger partial charge in [0.1, 0.15) is 6.10 Å². The summed E-state index contributed by atoms with van der Waals surface area (Å²) in [6, 6.07) is 18.8. The van der Waals surface area contributed by atoms with Gasteiger partial charge in [-0.2, -0.15) is 0 Å². The first-order valence-corrected chi connectivity index (χ1v) is 10.0. The maximum Gasteiger partial charge on any atom is 0.409 e. The highest BCUT2D eigenvalue weighted by molar-refractivity contribution is 5.89.